The van der Waals surface area contributed by atoms with Gasteiger partial charge in [-0.2, -0.15) is 0 Å². The third kappa shape index (κ3) is 3.66. The average molecular weight is 351 g/mol. The van der Waals surface area contributed by atoms with Gasteiger partial charge in [0.25, 0.3) is 0 Å². The lowest BCUT2D eigenvalue weighted by atomic mass is 9.90. The van der Waals surface area contributed by atoms with Crippen molar-refractivity contribution in [3.63, 3.8) is 0 Å². The van der Waals surface area contributed by atoms with Crippen LogP contribution in [-0.4, -0.2) is 42.2 Å². The smallest absolute Gasteiger partial charge is 0.317 e. The second kappa shape index (κ2) is 7.77. The van der Waals surface area contributed by atoms with Crippen LogP contribution in [-0.2, 0) is 0 Å². The van der Waals surface area contributed by atoms with Crippen molar-refractivity contribution in [3.8, 4) is 5.75 Å². The summed E-state index contributed by atoms with van der Waals surface area (Å²) in [5, 5.41) is 3.14. The summed E-state index contributed by atoms with van der Waals surface area (Å²) in [5.41, 5.74) is 2.54. The van der Waals surface area contributed by atoms with E-state index >= 15 is 0 Å². The molecule has 0 bridgehead atoms. The predicted molar refractivity (Wildman–Crippen MR) is 100 cm³/mol. The third-order valence-corrected chi connectivity index (χ3v) is 5.54. The zero-order valence-corrected chi connectivity index (χ0v) is 14.9. The highest BCUT2D eigenvalue weighted by Gasteiger charge is 2.26. The number of nitrogens with zero attached hydrogens (tertiary/aromatic N) is 2. The number of piperidine rings is 1. The highest BCUT2D eigenvalue weighted by Crippen LogP contribution is 2.33. The molecule has 4 rings (SSSR count). The number of benzene rings is 1. The van der Waals surface area contributed by atoms with E-state index < -0.39 is 0 Å². The molecule has 1 fully saturated rings. The van der Waals surface area contributed by atoms with E-state index in [1.165, 1.54) is 11.1 Å². The van der Waals surface area contributed by atoms with E-state index in [0.717, 1.165) is 44.7 Å². The van der Waals surface area contributed by atoms with Crippen LogP contribution in [0.5, 0.6) is 5.75 Å². The zero-order valence-electron chi connectivity index (χ0n) is 14.9. The minimum absolute atomic E-state index is 0.0575. The third-order valence-electron chi connectivity index (χ3n) is 5.54. The molecule has 3 heterocycles. The quantitative estimate of drug-likeness (QED) is 0.920. The summed E-state index contributed by atoms with van der Waals surface area (Å²) >= 11 is 0. The first kappa shape index (κ1) is 16.9. The number of amides is 2. The van der Waals surface area contributed by atoms with Gasteiger partial charge in [0, 0.05) is 37.9 Å². The Bertz CT molecular complexity index is 742. The van der Waals surface area contributed by atoms with Crippen LogP contribution in [0, 0.1) is 0 Å². The summed E-state index contributed by atoms with van der Waals surface area (Å²) < 4.78 is 5.70. The fourth-order valence-electron chi connectivity index (χ4n) is 4.00. The summed E-state index contributed by atoms with van der Waals surface area (Å²) in [6.07, 6.45) is 6.66. The Balaban J connectivity index is 1.29. The lowest BCUT2D eigenvalue weighted by Crippen LogP contribution is -2.45. The Labute approximate surface area is 154 Å². The Morgan fingerprint density at radius 3 is 2.69 bits per heavy atom. The monoisotopic (exact) mass is 351 g/mol. The van der Waals surface area contributed by atoms with Gasteiger partial charge in [-0.15, -0.1) is 0 Å². The van der Waals surface area contributed by atoms with E-state index in [1.807, 2.05) is 35.5 Å². The summed E-state index contributed by atoms with van der Waals surface area (Å²) in [6, 6.07) is 12.4. The Morgan fingerprint density at radius 2 is 1.88 bits per heavy atom. The fraction of sp³-hybridized carbons (Fsp3) is 0.429. The van der Waals surface area contributed by atoms with Crippen molar-refractivity contribution in [2.75, 3.05) is 26.2 Å². The van der Waals surface area contributed by atoms with E-state index in [4.69, 9.17) is 4.74 Å². The number of para-hydroxylation sites is 1. The van der Waals surface area contributed by atoms with Gasteiger partial charge in [-0.3, -0.25) is 4.98 Å². The first-order valence-corrected chi connectivity index (χ1v) is 9.45. The molecule has 5 heteroatoms. The van der Waals surface area contributed by atoms with Crippen molar-refractivity contribution in [2.45, 2.75) is 31.1 Å². The summed E-state index contributed by atoms with van der Waals surface area (Å²) in [4.78, 5) is 18.6. The van der Waals surface area contributed by atoms with Crippen LogP contribution in [0.15, 0.2) is 48.8 Å². The lowest BCUT2D eigenvalue weighted by molar-refractivity contribution is 0.179. The van der Waals surface area contributed by atoms with Crippen LogP contribution >= 0.6 is 0 Å². The van der Waals surface area contributed by atoms with E-state index in [9.17, 15) is 4.79 Å². The van der Waals surface area contributed by atoms with Gasteiger partial charge in [0.1, 0.15) is 5.75 Å². The van der Waals surface area contributed by atoms with Crippen LogP contribution in [0.2, 0.25) is 0 Å². The number of likely N-dealkylation sites (tertiary alicyclic amines) is 1. The number of carbonyl (C=O) groups is 1. The number of carbonyl (C=O) groups excluding carboxylic acids is 1. The summed E-state index contributed by atoms with van der Waals surface area (Å²) in [6.45, 7) is 3.00. The molecule has 0 aliphatic carbocycles. The SMILES string of the molecule is O=C(NCC1CCOc2ccccc21)N1CCC(c2ccncc2)CC1. The number of pyridine rings is 1. The van der Waals surface area contributed by atoms with Gasteiger partial charge in [0.15, 0.2) is 0 Å². The number of rotatable bonds is 3. The minimum atomic E-state index is 0.0575. The van der Waals surface area contributed by atoms with Crippen molar-refractivity contribution >= 4 is 6.03 Å². The van der Waals surface area contributed by atoms with Gasteiger partial charge in [0.2, 0.25) is 0 Å². The van der Waals surface area contributed by atoms with E-state index in [2.05, 4.69) is 28.5 Å². The van der Waals surface area contributed by atoms with Crippen molar-refractivity contribution in [1.82, 2.24) is 15.2 Å². The van der Waals surface area contributed by atoms with Crippen LogP contribution in [0.25, 0.3) is 0 Å². The molecule has 5 nitrogen and oxygen atoms in total. The maximum absolute atomic E-state index is 12.6. The molecule has 0 radical (unpaired) electrons. The summed E-state index contributed by atoms with van der Waals surface area (Å²) in [7, 11) is 0. The Hall–Kier alpha value is -2.56. The molecule has 2 amide bonds. The molecule has 2 aliphatic rings. The molecular weight excluding hydrogens is 326 g/mol. The molecule has 1 aromatic carbocycles. The molecule has 0 saturated carbocycles. The maximum atomic E-state index is 12.6. The van der Waals surface area contributed by atoms with E-state index in [0.29, 0.717) is 18.4 Å². The molecule has 1 unspecified atom stereocenters. The second-order valence-corrected chi connectivity index (χ2v) is 7.10. The number of urea groups is 1. The Morgan fingerprint density at radius 1 is 1.12 bits per heavy atom. The first-order valence-electron chi connectivity index (χ1n) is 9.45. The number of aromatic nitrogens is 1. The fourth-order valence-corrected chi connectivity index (χ4v) is 4.00. The van der Waals surface area contributed by atoms with Gasteiger partial charge in [-0.1, -0.05) is 18.2 Å². The maximum Gasteiger partial charge on any atom is 0.317 e. The molecule has 2 aliphatic heterocycles. The number of hydrogen-bond donors (Lipinski definition) is 1. The number of ether oxygens (including phenoxy) is 1. The van der Waals surface area contributed by atoms with Crippen LogP contribution < -0.4 is 10.1 Å². The molecule has 26 heavy (non-hydrogen) atoms. The molecule has 0 spiro atoms. The van der Waals surface area contributed by atoms with Crippen molar-refractivity contribution in [2.24, 2.45) is 0 Å². The molecule has 136 valence electrons. The van der Waals surface area contributed by atoms with Gasteiger partial charge in [0.05, 0.1) is 6.61 Å². The van der Waals surface area contributed by atoms with Crippen LogP contribution in [0.3, 0.4) is 0 Å². The highest BCUT2D eigenvalue weighted by molar-refractivity contribution is 5.74. The summed E-state index contributed by atoms with van der Waals surface area (Å²) in [5.74, 6) is 1.82. The number of nitrogens with one attached hydrogen (secondary N) is 1. The van der Waals surface area contributed by atoms with Crippen molar-refractivity contribution < 1.29 is 9.53 Å². The standard InChI is InChI=1S/C21H25N3O2/c25-21(23-15-18-9-14-26-20-4-2-1-3-19(18)20)24-12-7-17(8-13-24)16-5-10-22-11-6-16/h1-6,10-11,17-18H,7-9,12-15H2,(H,23,25). The van der Waals surface area contributed by atoms with E-state index in [1.54, 1.807) is 0 Å². The molecule has 2 aromatic rings. The molecule has 1 aromatic heterocycles. The predicted octanol–water partition coefficient (Wildman–Crippen LogP) is 3.54. The van der Waals surface area contributed by atoms with Crippen LogP contribution in [0.4, 0.5) is 4.79 Å². The van der Waals surface area contributed by atoms with Gasteiger partial charge in [-0.05, 0) is 54.5 Å². The van der Waals surface area contributed by atoms with Gasteiger partial charge < -0.3 is 15.0 Å². The second-order valence-electron chi connectivity index (χ2n) is 7.10. The average Bonchev–Trinajstić information content (AvgIpc) is 2.73. The van der Waals surface area contributed by atoms with E-state index in [-0.39, 0.29) is 6.03 Å². The minimum Gasteiger partial charge on any atom is -0.493 e. The van der Waals surface area contributed by atoms with Crippen molar-refractivity contribution in [3.05, 3.63) is 59.9 Å². The lowest BCUT2D eigenvalue weighted by Gasteiger charge is -2.33. The number of fused-ring (bicyclic) bond motifs is 1. The largest absolute Gasteiger partial charge is 0.493 e. The molecule has 1 saturated heterocycles. The van der Waals surface area contributed by atoms with Crippen LogP contribution in [0.1, 0.15) is 42.2 Å². The molecular formula is C21H25N3O2. The molecule has 1 atom stereocenters. The first-order chi connectivity index (χ1) is 12.8. The van der Waals surface area contributed by atoms with Gasteiger partial charge >= 0.3 is 6.03 Å². The number of hydrogen-bond acceptors (Lipinski definition) is 3. The highest BCUT2D eigenvalue weighted by atomic mass is 16.5. The molecule has 1 N–H and O–H groups in total. The zero-order chi connectivity index (χ0) is 17.8. The Kier molecular flexibility index (Phi) is 5.04. The van der Waals surface area contributed by atoms with Gasteiger partial charge in [-0.25, -0.2) is 4.79 Å². The normalized spacial score (nSPS) is 20.2. The topological polar surface area (TPSA) is 54.5 Å². The van der Waals surface area contributed by atoms with Crippen molar-refractivity contribution in [1.29, 1.82) is 0 Å².